The number of rotatable bonds is 8. The summed E-state index contributed by atoms with van der Waals surface area (Å²) in [6.45, 7) is -0.795. The zero-order valence-electron chi connectivity index (χ0n) is 16.4. The van der Waals surface area contributed by atoms with Crippen molar-refractivity contribution in [1.82, 2.24) is 10.1 Å². The lowest BCUT2D eigenvalue weighted by molar-refractivity contribution is -0.118. The van der Waals surface area contributed by atoms with Crippen LogP contribution in [0.4, 0.5) is 18.3 Å². The van der Waals surface area contributed by atoms with E-state index in [0.717, 1.165) is 16.5 Å². The molecule has 5 N–H and O–H groups in total. The molecule has 1 aliphatic carbocycles. The first-order valence-electron chi connectivity index (χ1n) is 9.51. The van der Waals surface area contributed by atoms with E-state index in [2.05, 4.69) is 15.4 Å². The van der Waals surface area contributed by atoms with Gasteiger partial charge in [0.1, 0.15) is 11.0 Å². The lowest BCUT2D eigenvalue weighted by Gasteiger charge is -2.23. The van der Waals surface area contributed by atoms with Crippen LogP contribution >= 0.6 is 22.9 Å². The number of carbonyl (C=O) groups excluding carboxylic acids is 1. The maximum atomic E-state index is 13.9. The number of anilines is 1. The fourth-order valence-electron chi connectivity index (χ4n) is 3.60. The standard InChI is InChI=1S/C19H22ClF3N6OS/c20-14-10-26-18(31-14)27-17(30)15(13-5-6-19(22,23)9-13)11-1-3-12(4-2-11)16(24)28-29(25)8-7-21/h1-4,10,13,15H,5-9,25H2,(H2,24,28)(H,26,27,30). The summed E-state index contributed by atoms with van der Waals surface area (Å²) in [7, 11) is 0. The van der Waals surface area contributed by atoms with Gasteiger partial charge in [-0.3, -0.25) is 4.79 Å². The van der Waals surface area contributed by atoms with Gasteiger partial charge >= 0.3 is 0 Å². The number of hydrogen-bond donors (Lipinski definition) is 3. The number of alkyl halides is 3. The molecular weight excluding hydrogens is 453 g/mol. The molecule has 0 saturated heterocycles. The minimum absolute atomic E-state index is 0.0633. The Morgan fingerprint density at radius 2 is 2.13 bits per heavy atom. The summed E-state index contributed by atoms with van der Waals surface area (Å²) in [4.78, 5) is 17.0. The van der Waals surface area contributed by atoms with Crippen LogP contribution in [0.3, 0.4) is 0 Å². The summed E-state index contributed by atoms with van der Waals surface area (Å²) < 4.78 is 40.5. The van der Waals surface area contributed by atoms with E-state index in [9.17, 15) is 18.0 Å². The number of amidine groups is 1. The maximum absolute atomic E-state index is 13.9. The van der Waals surface area contributed by atoms with Crippen molar-refractivity contribution in [3.8, 4) is 0 Å². The molecule has 1 aromatic heterocycles. The molecule has 0 aliphatic heterocycles. The normalized spacial score (nSPS) is 19.3. The maximum Gasteiger partial charge on any atom is 0.248 e. The minimum Gasteiger partial charge on any atom is -0.382 e. The number of nitrogens with two attached hydrogens (primary N) is 2. The number of carbonyl (C=O) groups is 1. The fourth-order valence-corrected chi connectivity index (χ4v) is 4.41. The van der Waals surface area contributed by atoms with Gasteiger partial charge in [-0.1, -0.05) is 47.2 Å². The molecule has 2 aromatic rings. The van der Waals surface area contributed by atoms with Crippen molar-refractivity contribution >= 4 is 39.8 Å². The second-order valence-corrected chi connectivity index (χ2v) is 8.92. The fraction of sp³-hybridized carbons (Fsp3) is 0.421. The van der Waals surface area contributed by atoms with Crippen molar-refractivity contribution in [3.05, 3.63) is 45.9 Å². The molecule has 1 saturated carbocycles. The summed E-state index contributed by atoms with van der Waals surface area (Å²) in [6, 6.07) is 6.52. The molecule has 168 valence electrons. The van der Waals surface area contributed by atoms with Gasteiger partial charge in [0.05, 0.1) is 18.7 Å². The van der Waals surface area contributed by atoms with Gasteiger partial charge in [0, 0.05) is 18.4 Å². The van der Waals surface area contributed by atoms with E-state index in [-0.39, 0.29) is 31.6 Å². The summed E-state index contributed by atoms with van der Waals surface area (Å²) in [5, 5.41) is 7.73. The second kappa shape index (κ2) is 9.84. The molecule has 12 heteroatoms. The zero-order valence-corrected chi connectivity index (χ0v) is 18.0. The molecule has 1 amide bonds. The van der Waals surface area contributed by atoms with Gasteiger partial charge in [-0.25, -0.2) is 29.1 Å². The quantitative estimate of drug-likeness (QED) is 0.234. The van der Waals surface area contributed by atoms with Crippen LogP contribution in [0.2, 0.25) is 4.34 Å². The third kappa shape index (κ3) is 6.08. The smallest absolute Gasteiger partial charge is 0.248 e. The number of hydrazone groups is 1. The van der Waals surface area contributed by atoms with Crippen LogP contribution in [-0.2, 0) is 4.79 Å². The average molecular weight is 475 g/mol. The van der Waals surface area contributed by atoms with E-state index in [1.165, 1.54) is 6.20 Å². The summed E-state index contributed by atoms with van der Waals surface area (Å²) >= 11 is 6.94. The van der Waals surface area contributed by atoms with E-state index in [0.29, 0.717) is 20.6 Å². The van der Waals surface area contributed by atoms with Gasteiger partial charge in [-0.15, -0.1) is 5.10 Å². The number of halogens is 4. The number of hydrogen-bond acceptors (Lipinski definition) is 6. The van der Waals surface area contributed by atoms with Crippen molar-refractivity contribution in [1.29, 1.82) is 0 Å². The van der Waals surface area contributed by atoms with E-state index < -0.39 is 30.3 Å². The van der Waals surface area contributed by atoms with Crippen LogP contribution in [0.25, 0.3) is 0 Å². The van der Waals surface area contributed by atoms with Gasteiger partial charge in [0.25, 0.3) is 0 Å². The van der Waals surface area contributed by atoms with Gasteiger partial charge in [0.15, 0.2) is 11.0 Å². The lowest BCUT2D eigenvalue weighted by atomic mass is 9.83. The van der Waals surface area contributed by atoms with Crippen LogP contribution in [-0.4, -0.2) is 41.0 Å². The third-order valence-electron chi connectivity index (χ3n) is 5.02. The minimum atomic E-state index is -2.80. The predicted molar refractivity (Wildman–Crippen MR) is 115 cm³/mol. The molecule has 3 rings (SSSR count). The van der Waals surface area contributed by atoms with Crippen LogP contribution in [0.5, 0.6) is 0 Å². The first-order chi connectivity index (χ1) is 14.7. The summed E-state index contributed by atoms with van der Waals surface area (Å²) in [5.74, 6) is 1.00. The van der Waals surface area contributed by atoms with Crippen LogP contribution in [0.15, 0.2) is 35.6 Å². The largest absolute Gasteiger partial charge is 0.382 e. The Labute approximate surface area is 186 Å². The molecule has 2 unspecified atom stereocenters. The lowest BCUT2D eigenvalue weighted by Crippen LogP contribution is -2.31. The van der Waals surface area contributed by atoms with Crippen molar-refractivity contribution in [2.75, 3.05) is 18.5 Å². The first-order valence-corrected chi connectivity index (χ1v) is 10.7. The number of nitrogens with zero attached hydrogens (tertiary/aromatic N) is 3. The molecule has 1 fully saturated rings. The van der Waals surface area contributed by atoms with Crippen molar-refractivity contribution < 1.29 is 18.0 Å². The number of hydrazine groups is 1. The van der Waals surface area contributed by atoms with Crippen molar-refractivity contribution in [2.45, 2.75) is 31.1 Å². The first kappa shape index (κ1) is 23.3. The summed E-state index contributed by atoms with van der Waals surface area (Å²) in [5.41, 5.74) is 6.95. The number of thiazole rings is 1. The van der Waals surface area contributed by atoms with E-state index >= 15 is 0 Å². The zero-order chi connectivity index (χ0) is 22.6. The molecular formula is C19H22ClF3N6OS. The van der Waals surface area contributed by atoms with E-state index in [4.69, 9.17) is 23.2 Å². The molecule has 1 aliphatic rings. The highest BCUT2D eigenvalue weighted by Gasteiger charge is 2.45. The number of benzene rings is 1. The van der Waals surface area contributed by atoms with Gasteiger partial charge in [-0.05, 0) is 17.9 Å². The second-order valence-electron chi connectivity index (χ2n) is 7.25. The molecule has 0 bridgehead atoms. The highest BCUT2D eigenvalue weighted by atomic mass is 35.5. The molecule has 1 aromatic carbocycles. The van der Waals surface area contributed by atoms with Gasteiger partial charge in [0.2, 0.25) is 11.8 Å². The Balaban J connectivity index is 1.84. The highest BCUT2D eigenvalue weighted by Crippen LogP contribution is 2.46. The summed E-state index contributed by atoms with van der Waals surface area (Å²) in [6.07, 6.45) is 0.991. The number of nitrogens with one attached hydrogen (secondary N) is 1. The van der Waals surface area contributed by atoms with Crippen LogP contribution in [0.1, 0.15) is 36.3 Å². The Bertz CT molecular complexity index is 939. The van der Waals surface area contributed by atoms with Crippen LogP contribution in [0, 0.1) is 5.92 Å². The topological polar surface area (TPSA) is 110 Å². The molecule has 0 radical (unpaired) electrons. The molecule has 0 spiro atoms. The molecule has 1 heterocycles. The highest BCUT2D eigenvalue weighted by molar-refractivity contribution is 7.19. The Morgan fingerprint density at radius 1 is 1.42 bits per heavy atom. The average Bonchev–Trinajstić information content (AvgIpc) is 3.27. The third-order valence-corrected chi connectivity index (χ3v) is 6.05. The Hall–Kier alpha value is -2.37. The van der Waals surface area contributed by atoms with Crippen molar-refractivity contribution in [3.63, 3.8) is 0 Å². The van der Waals surface area contributed by atoms with Crippen LogP contribution < -0.4 is 16.9 Å². The number of aromatic nitrogens is 1. The molecule has 31 heavy (non-hydrogen) atoms. The molecule has 2 atom stereocenters. The van der Waals surface area contributed by atoms with Gasteiger partial charge < -0.3 is 11.1 Å². The van der Waals surface area contributed by atoms with E-state index in [1.807, 2.05) is 0 Å². The Kier molecular flexibility index (Phi) is 7.39. The van der Waals surface area contributed by atoms with E-state index in [1.54, 1.807) is 24.3 Å². The van der Waals surface area contributed by atoms with Crippen molar-refractivity contribution in [2.24, 2.45) is 22.6 Å². The van der Waals surface area contributed by atoms with Gasteiger partial charge in [-0.2, -0.15) is 0 Å². The Morgan fingerprint density at radius 3 is 2.68 bits per heavy atom. The number of amides is 1. The molecule has 7 nitrogen and oxygen atoms in total. The monoisotopic (exact) mass is 474 g/mol. The predicted octanol–water partition coefficient (Wildman–Crippen LogP) is 3.72. The SMILES string of the molecule is N/C(=N\N(N)CCF)c1ccc(C(C(=O)Nc2ncc(Cl)s2)C2CCC(F)(F)C2)cc1.